The Bertz CT molecular complexity index is 1310. The van der Waals surface area contributed by atoms with E-state index in [0.29, 0.717) is 24.2 Å². The molecule has 5 aliphatic rings. The first-order valence-corrected chi connectivity index (χ1v) is 13.4. The molecule has 7 nitrogen and oxygen atoms in total. The summed E-state index contributed by atoms with van der Waals surface area (Å²) in [5, 5.41) is 11.9. The lowest BCUT2D eigenvalue weighted by Gasteiger charge is -2.54. The van der Waals surface area contributed by atoms with E-state index >= 15 is 0 Å². The molecule has 3 fully saturated rings. The fraction of sp³-hybridized carbons (Fsp3) is 0.516. The quantitative estimate of drug-likeness (QED) is 0.458. The molecule has 1 saturated heterocycles. The van der Waals surface area contributed by atoms with Crippen molar-refractivity contribution in [1.29, 1.82) is 0 Å². The zero-order valence-corrected chi connectivity index (χ0v) is 22.2. The summed E-state index contributed by atoms with van der Waals surface area (Å²) >= 11 is 0. The third kappa shape index (κ3) is 3.18. The molecule has 0 bridgehead atoms. The van der Waals surface area contributed by atoms with Gasteiger partial charge in [0.25, 0.3) is 0 Å². The number of hydrogen-bond acceptors (Lipinski definition) is 7. The maximum Gasteiger partial charge on any atom is 0.343 e. The number of carbonyl (C=O) groups excluding carboxylic acids is 3. The van der Waals surface area contributed by atoms with Gasteiger partial charge in [-0.2, -0.15) is 0 Å². The number of ketones is 1. The average Bonchev–Trinajstić information content (AvgIpc) is 3.57. The zero-order valence-electron chi connectivity index (χ0n) is 22.2. The van der Waals surface area contributed by atoms with Gasteiger partial charge in [0.1, 0.15) is 17.0 Å². The monoisotopic (exact) mass is 518 g/mol. The van der Waals surface area contributed by atoms with Gasteiger partial charge in [0, 0.05) is 17.8 Å². The van der Waals surface area contributed by atoms with Crippen LogP contribution in [0.3, 0.4) is 0 Å². The Morgan fingerprint density at radius 3 is 2.58 bits per heavy atom. The molecule has 1 aromatic carbocycles. The third-order valence-corrected chi connectivity index (χ3v) is 10.3. The van der Waals surface area contributed by atoms with E-state index in [2.05, 4.69) is 19.1 Å². The molecule has 0 aromatic heterocycles. The summed E-state index contributed by atoms with van der Waals surface area (Å²) in [7, 11) is 0. The van der Waals surface area contributed by atoms with Gasteiger partial charge in [-0.05, 0) is 73.8 Å². The predicted octanol–water partition coefficient (Wildman–Crippen LogP) is 4.32. The largest absolute Gasteiger partial charge is 0.458 e. The number of epoxide rings is 1. The average molecular weight is 519 g/mol. The van der Waals surface area contributed by atoms with E-state index in [1.54, 1.807) is 24.3 Å². The Kier molecular flexibility index (Phi) is 5.47. The van der Waals surface area contributed by atoms with Crippen molar-refractivity contribution in [3.05, 3.63) is 71.5 Å². The molecule has 1 aromatic rings. The molecule has 0 amide bonds. The minimum atomic E-state index is -1.59. The first-order valence-electron chi connectivity index (χ1n) is 13.4. The summed E-state index contributed by atoms with van der Waals surface area (Å²) in [6.45, 7) is 6.96. The molecule has 1 heterocycles. The molecule has 1 N–H and O–H groups in total. The van der Waals surface area contributed by atoms with Gasteiger partial charge in [0.05, 0.1) is 11.7 Å². The fourth-order valence-corrected chi connectivity index (χ4v) is 8.41. The summed E-state index contributed by atoms with van der Waals surface area (Å²) in [6, 6.07) is 8.92. The number of benzene rings is 1. The van der Waals surface area contributed by atoms with Crippen LogP contribution in [-0.2, 0) is 23.8 Å². The number of ether oxygens (including phenoxy) is 3. The highest BCUT2D eigenvalue weighted by atomic mass is 16.6. The molecule has 8 atom stereocenters. The van der Waals surface area contributed by atoms with Gasteiger partial charge in [-0.25, -0.2) is 4.79 Å². The molecular weight excluding hydrogens is 484 g/mol. The van der Waals surface area contributed by atoms with Crippen molar-refractivity contribution in [2.24, 2.45) is 28.6 Å². The second-order valence-electron chi connectivity index (χ2n) is 12.1. The Morgan fingerprint density at radius 2 is 1.87 bits per heavy atom. The first-order chi connectivity index (χ1) is 18.0. The van der Waals surface area contributed by atoms with Gasteiger partial charge in [-0.3, -0.25) is 9.59 Å². The van der Waals surface area contributed by atoms with E-state index in [1.807, 2.05) is 32.1 Å². The van der Waals surface area contributed by atoms with E-state index < -0.39 is 46.4 Å². The number of fused-ring (bicyclic) bond motifs is 3. The second-order valence-corrected chi connectivity index (χ2v) is 12.1. The molecule has 1 aliphatic heterocycles. The summed E-state index contributed by atoms with van der Waals surface area (Å²) in [5.41, 5.74) is -1.58. The molecular formula is C31H34O7. The highest BCUT2D eigenvalue weighted by Crippen LogP contribution is 2.75. The van der Waals surface area contributed by atoms with E-state index in [-0.39, 0.29) is 23.9 Å². The smallest absolute Gasteiger partial charge is 0.343 e. The van der Waals surface area contributed by atoms with E-state index in [4.69, 9.17) is 14.2 Å². The van der Waals surface area contributed by atoms with Crippen LogP contribution < -0.4 is 0 Å². The Hall–Kier alpha value is -3.03. The topological polar surface area (TPSA) is 102 Å². The van der Waals surface area contributed by atoms with Crippen molar-refractivity contribution in [2.45, 2.75) is 64.3 Å². The van der Waals surface area contributed by atoms with E-state index in [1.165, 1.54) is 6.92 Å². The maximum atomic E-state index is 13.3. The Balaban J connectivity index is 1.29. The maximum absolute atomic E-state index is 13.3. The molecule has 2 unspecified atom stereocenters. The van der Waals surface area contributed by atoms with Gasteiger partial charge in [0.2, 0.25) is 5.78 Å². The third-order valence-electron chi connectivity index (χ3n) is 10.3. The van der Waals surface area contributed by atoms with Crippen molar-refractivity contribution >= 4 is 17.7 Å². The van der Waals surface area contributed by atoms with E-state index in [9.17, 15) is 19.5 Å². The van der Waals surface area contributed by atoms with Crippen LogP contribution in [0.2, 0.25) is 0 Å². The van der Waals surface area contributed by atoms with Crippen LogP contribution in [0, 0.1) is 28.6 Å². The van der Waals surface area contributed by atoms with Gasteiger partial charge in [-0.15, -0.1) is 0 Å². The highest BCUT2D eigenvalue weighted by molar-refractivity contribution is 5.91. The van der Waals surface area contributed by atoms with Gasteiger partial charge in [0.15, 0.2) is 6.61 Å². The van der Waals surface area contributed by atoms with Gasteiger partial charge < -0.3 is 19.3 Å². The summed E-state index contributed by atoms with van der Waals surface area (Å²) in [4.78, 5) is 37.3. The summed E-state index contributed by atoms with van der Waals surface area (Å²) in [5.74, 6) is -0.955. The Morgan fingerprint density at radius 1 is 1.13 bits per heavy atom. The molecule has 38 heavy (non-hydrogen) atoms. The van der Waals surface area contributed by atoms with Crippen LogP contribution in [0.5, 0.6) is 0 Å². The number of rotatable bonds is 5. The zero-order chi connectivity index (χ0) is 27.1. The molecule has 0 radical (unpaired) electrons. The normalized spacial score (nSPS) is 41.9. The first kappa shape index (κ1) is 25.3. The van der Waals surface area contributed by atoms with Gasteiger partial charge >= 0.3 is 11.9 Å². The molecule has 1 spiro atoms. The van der Waals surface area contributed by atoms with Crippen LogP contribution >= 0.6 is 0 Å². The minimum Gasteiger partial charge on any atom is -0.458 e. The summed E-state index contributed by atoms with van der Waals surface area (Å²) < 4.78 is 17.3. The van der Waals surface area contributed by atoms with Gasteiger partial charge in [-0.1, -0.05) is 44.2 Å². The van der Waals surface area contributed by atoms with Crippen LogP contribution in [0.15, 0.2) is 66.0 Å². The minimum absolute atomic E-state index is 0.0619. The van der Waals surface area contributed by atoms with Crippen molar-refractivity contribution in [2.75, 3.05) is 6.61 Å². The fourth-order valence-electron chi connectivity index (χ4n) is 8.41. The molecule has 7 heteroatoms. The number of esters is 2. The lowest BCUT2D eigenvalue weighted by atomic mass is 9.48. The Labute approximate surface area is 222 Å². The lowest BCUT2D eigenvalue weighted by molar-refractivity contribution is -0.170. The van der Waals surface area contributed by atoms with Crippen LogP contribution in [0.4, 0.5) is 0 Å². The van der Waals surface area contributed by atoms with Crippen molar-refractivity contribution < 1.29 is 33.7 Å². The number of hydrogen-bond donors (Lipinski definition) is 1. The SMILES string of the molecule is CC(=O)OCC(=O)[C@@]1(O)[C@@H](C)CC2C3CC=C4C=C(OC(=O)c5ccccc5)C=C[C@]4(C)[C@@]34O[C@H]4C[C@@]21C. The van der Waals surface area contributed by atoms with Crippen LogP contribution in [-0.4, -0.2) is 46.7 Å². The lowest BCUT2D eigenvalue weighted by Crippen LogP contribution is -2.62. The van der Waals surface area contributed by atoms with Crippen molar-refractivity contribution in [3.8, 4) is 0 Å². The summed E-state index contributed by atoms with van der Waals surface area (Å²) in [6.07, 6.45) is 9.96. The molecule has 200 valence electrons. The number of carbonyl (C=O) groups is 3. The van der Waals surface area contributed by atoms with Crippen molar-refractivity contribution in [3.63, 3.8) is 0 Å². The van der Waals surface area contributed by atoms with E-state index in [0.717, 1.165) is 12.0 Å². The van der Waals surface area contributed by atoms with Crippen LogP contribution in [0.25, 0.3) is 0 Å². The molecule has 2 saturated carbocycles. The molecule has 6 rings (SSSR count). The number of Topliss-reactive ketones (excluding diaryl/α,β-unsaturated/α-hetero) is 1. The van der Waals surface area contributed by atoms with Crippen molar-refractivity contribution in [1.82, 2.24) is 0 Å². The standard InChI is InChI=1S/C31H34O7/c1-18-14-24-23-11-10-21-15-22(37-27(34)20-8-6-5-7-9-20)12-13-28(21,3)31(23)26(38-31)16-29(24,4)30(18,35)25(33)17-36-19(2)32/h5-10,12-13,15,18,23-24,26,35H,11,14,16-17H2,1-4H3/t18-,23?,24?,26-,28-,29-,30-,31+/m0/s1. The number of allylic oxidation sites excluding steroid dienone is 3. The second kappa shape index (κ2) is 8.23. The highest BCUT2D eigenvalue weighted by Gasteiger charge is 2.81. The molecule has 4 aliphatic carbocycles. The predicted molar refractivity (Wildman–Crippen MR) is 138 cm³/mol. The number of aliphatic hydroxyl groups is 1. The van der Waals surface area contributed by atoms with Crippen LogP contribution in [0.1, 0.15) is 57.3 Å².